The minimum atomic E-state index is -0.493. The number of methoxy groups -OCH3 is 2. The number of aromatic nitrogens is 2. The van der Waals surface area contributed by atoms with Gasteiger partial charge in [-0.05, 0) is 19.1 Å². The maximum absolute atomic E-state index is 12.8. The normalized spacial score (nSPS) is 10.7. The van der Waals surface area contributed by atoms with Gasteiger partial charge < -0.3 is 23.8 Å². The van der Waals surface area contributed by atoms with E-state index < -0.39 is 5.91 Å². The van der Waals surface area contributed by atoms with Crippen LogP contribution in [0.2, 0.25) is 0 Å². The molecule has 2 heterocycles. The van der Waals surface area contributed by atoms with E-state index in [0.29, 0.717) is 22.9 Å². The van der Waals surface area contributed by atoms with Crippen LogP contribution < -0.4 is 20.3 Å². The Morgan fingerprint density at radius 1 is 1.28 bits per heavy atom. The second-order valence-corrected chi connectivity index (χ2v) is 5.39. The quantitative estimate of drug-likeness (QED) is 0.779. The Labute approximate surface area is 143 Å². The van der Waals surface area contributed by atoms with Crippen molar-refractivity contribution in [2.24, 2.45) is 7.05 Å². The monoisotopic (exact) mass is 343 g/mol. The number of amides is 1. The van der Waals surface area contributed by atoms with E-state index in [1.807, 2.05) is 0 Å². The Balaban J connectivity index is 2.09. The van der Waals surface area contributed by atoms with Gasteiger partial charge in [0, 0.05) is 13.1 Å². The molecule has 0 aliphatic carbocycles. The van der Waals surface area contributed by atoms with E-state index in [0.717, 1.165) is 0 Å². The molecule has 1 N–H and O–H groups in total. The lowest BCUT2D eigenvalue weighted by molar-refractivity contribution is 0.102. The molecule has 0 atom stereocenters. The molecule has 25 heavy (non-hydrogen) atoms. The lowest BCUT2D eigenvalue weighted by Gasteiger charge is -2.11. The number of carbonyl (C=O) groups is 1. The van der Waals surface area contributed by atoms with Crippen molar-refractivity contribution in [2.75, 3.05) is 19.5 Å². The number of carbonyl (C=O) groups excluding carboxylic acids is 1. The predicted octanol–water partition coefficient (Wildman–Crippen LogP) is 2.10. The van der Waals surface area contributed by atoms with Crippen molar-refractivity contribution < 1.29 is 18.7 Å². The number of hydrogen-bond donors (Lipinski definition) is 1. The van der Waals surface area contributed by atoms with Crippen molar-refractivity contribution in [1.82, 2.24) is 9.55 Å². The molecule has 0 radical (unpaired) electrons. The maximum atomic E-state index is 12.8. The summed E-state index contributed by atoms with van der Waals surface area (Å²) in [6, 6.07) is 5.02. The number of benzene rings is 1. The molecule has 2 aromatic heterocycles. The van der Waals surface area contributed by atoms with Crippen molar-refractivity contribution in [2.45, 2.75) is 6.92 Å². The van der Waals surface area contributed by atoms with Crippen LogP contribution in [-0.4, -0.2) is 29.7 Å². The number of fused-ring (bicyclic) bond motifs is 1. The third-order valence-electron chi connectivity index (χ3n) is 3.83. The topological polar surface area (TPSA) is 95.6 Å². The highest BCUT2D eigenvalue weighted by Gasteiger charge is 2.23. The molecule has 0 aliphatic rings. The summed E-state index contributed by atoms with van der Waals surface area (Å²) in [5.74, 6) is 0.839. The van der Waals surface area contributed by atoms with Gasteiger partial charge in [-0.3, -0.25) is 9.59 Å². The molecule has 0 bridgehead atoms. The molecule has 3 aromatic rings. The fourth-order valence-corrected chi connectivity index (χ4v) is 2.56. The third kappa shape index (κ3) is 2.82. The first-order chi connectivity index (χ1) is 12.0. The summed E-state index contributed by atoms with van der Waals surface area (Å²) in [5.41, 5.74) is 0.336. The minimum absolute atomic E-state index is 0.128. The summed E-state index contributed by atoms with van der Waals surface area (Å²) in [5, 5.41) is 2.88. The molecule has 0 spiro atoms. The van der Waals surface area contributed by atoms with Crippen LogP contribution in [0.25, 0.3) is 11.1 Å². The molecule has 8 heteroatoms. The molecular weight excluding hydrogens is 326 g/mol. The first kappa shape index (κ1) is 16.6. The van der Waals surface area contributed by atoms with E-state index in [1.54, 1.807) is 32.2 Å². The van der Waals surface area contributed by atoms with E-state index in [9.17, 15) is 9.59 Å². The first-order valence-electron chi connectivity index (χ1n) is 7.44. The van der Waals surface area contributed by atoms with Gasteiger partial charge in [-0.1, -0.05) is 0 Å². The van der Waals surface area contributed by atoms with E-state index in [-0.39, 0.29) is 22.2 Å². The van der Waals surface area contributed by atoms with E-state index in [4.69, 9.17) is 13.9 Å². The van der Waals surface area contributed by atoms with Crippen LogP contribution in [0, 0.1) is 6.92 Å². The number of ether oxygens (including phenoxy) is 2. The molecule has 0 aliphatic heterocycles. The maximum Gasteiger partial charge on any atom is 0.265 e. The summed E-state index contributed by atoms with van der Waals surface area (Å²) in [6.07, 6.45) is 1.35. The van der Waals surface area contributed by atoms with Crippen LogP contribution in [-0.2, 0) is 7.05 Å². The summed E-state index contributed by atoms with van der Waals surface area (Å²) in [4.78, 5) is 29.2. The Morgan fingerprint density at radius 2 is 2.04 bits per heavy atom. The van der Waals surface area contributed by atoms with Crippen LogP contribution in [0.5, 0.6) is 11.5 Å². The Hall–Kier alpha value is -3.29. The van der Waals surface area contributed by atoms with E-state index >= 15 is 0 Å². The van der Waals surface area contributed by atoms with Crippen LogP contribution in [0.1, 0.15) is 16.1 Å². The first-order valence-corrected chi connectivity index (χ1v) is 7.44. The zero-order valence-corrected chi connectivity index (χ0v) is 14.2. The number of rotatable bonds is 4. The van der Waals surface area contributed by atoms with Gasteiger partial charge in [-0.25, -0.2) is 4.98 Å². The average Bonchev–Trinajstić information content (AvgIpc) is 2.95. The number of furan rings is 1. The highest BCUT2D eigenvalue weighted by molar-refractivity contribution is 6.13. The van der Waals surface area contributed by atoms with Crippen LogP contribution in [0.3, 0.4) is 0 Å². The van der Waals surface area contributed by atoms with Crippen LogP contribution in [0.15, 0.2) is 33.7 Å². The fourth-order valence-electron chi connectivity index (χ4n) is 2.56. The number of nitrogens with one attached hydrogen (secondary N) is 1. The van der Waals surface area contributed by atoms with Gasteiger partial charge in [0.2, 0.25) is 5.71 Å². The van der Waals surface area contributed by atoms with Gasteiger partial charge >= 0.3 is 0 Å². The minimum Gasteiger partial charge on any atom is -0.497 e. The molecule has 0 saturated carbocycles. The smallest absolute Gasteiger partial charge is 0.265 e. The number of nitrogens with zero attached hydrogens (tertiary/aromatic N) is 2. The van der Waals surface area contributed by atoms with Crippen molar-refractivity contribution in [3.63, 3.8) is 0 Å². The number of anilines is 1. The number of hydrogen-bond acceptors (Lipinski definition) is 6. The van der Waals surface area contributed by atoms with Gasteiger partial charge in [0.15, 0.2) is 0 Å². The lowest BCUT2D eigenvalue weighted by atomic mass is 10.1. The summed E-state index contributed by atoms with van der Waals surface area (Å²) in [6.45, 7) is 1.61. The highest BCUT2D eigenvalue weighted by Crippen LogP contribution is 2.30. The molecule has 3 rings (SSSR count). The van der Waals surface area contributed by atoms with E-state index in [1.165, 1.54) is 25.1 Å². The molecule has 1 amide bonds. The fraction of sp³-hybridized carbons (Fsp3) is 0.235. The van der Waals surface area contributed by atoms with Crippen molar-refractivity contribution in [3.8, 4) is 11.5 Å². The molecule has 0 fully saturated rings. The second-order valence-electron chi connectivity index (χ2n) is 5.39. The highest BCUT2D eigenvalue weighted by atomic mass is 16.5. The SMILES string of the molecule is COc1ccc(OC)c(NC(=O)c2c(C)oc3ncn(C)c(=O)c23)c1. The van der Waals surface area contributed by atoms with Crippen molar-refractivity contribution in [1.29, 1.82) is 0 Å². The van der Waals surface area contributed by atoms with Gasteiger partial charge in [-0.2, -0.15) is 0 Å². The molecule has 8 nitrogen and oxygen atoms in total. The molecule has 0 unspecified atom stereocenters. The van der Waals surface area contributed by atoms with Crippen molar-refractivity contribution >= 4 is 22.7 Å². The largest absolute Gasteiger partial charge is 0.497 e. The summed E-state index contributed by atoms with van der Waals surface area (Å²) < 4.78 is 17.2. The molecular formula is C17H17N3O5. The van der Waals surface area contributed by atoms with Gasteiger partial charge in [0.1, 0.15) is 29.0 Å². The summed E-state index contributed by atoms with van der Waals surface area (Å²) >= 11 is 0. The molecule has 0 saturated heterocycles. The Kier molecular flexibility index (Phi) is 4.18. The zero-order valence-electron chi connectivity index (χ0n) is 14.2. The van der Waals surface area contributed by atoms with Gasteiger partial charge in [0.05, 0.1) is 25.5 Å². The third-order valence-corrected chi connectivity index (χ3v) is 3.83. The van der Waals surface area contributed by atoms with Gasteiger partial charge in [-0.15, -0.1) is 0 Å². The zero-order chi connectivity index (χ0) is 18.1. The average molecular weight is 343 g/mol. The van der Waals surface area contributed by atoms with Crippen molar-refractivity contribution in [3.05, 3.63) is 46.2 Å². The Bertz CT molecular complexity index is 1020. The predicted molar refractivity (Wildman–Crippen MR) is 91.5 cm³/mol. The summed E-state index contributed by atoms with van der Waals surface area (Å²) in [7, 11) is 4.58. The number of aryl methyl sites for hydroxylation is 2. The van der Waals surface area contributed by atoms with Crippen LogP contribution in [0.4, 0.5) is 5.69 Å². The molecule has 1 aromatic carbocycles. The van der Waals surface area contributed by atoms with E-state index in [2.05, 4.69) is 10.3 Å². The van der Waals surface area contributed by atoms with Crippen LogP contribution >= 0.6 is 0 Å². The Morgan fingerprint density at radius 3 is 2.72 bits per heavy atom. The molecule has 130 valence electrons. The standard InChI is InChI=1S/C17H17N3O5/c1-9-13(14-16(25-9)18-8-20(2)17(14)22)15(21)19-11-7-10(23-3)5-6-12(11)24-4/h5-8H,1-4H3,(H,19,21). The van der Waals surface area contributed by atoms with Gasteiger partial charge in [0.25, 0.3) is 11.5 Å². The lowest BCUT2D eigenvalue weighted by Crippen LogP contribution is -2.20. The second kappa shape index (κ2) is 6.31.